The lowest BCUT2D eigenvalue weighted by Crippen LogP contribution is -2.34. The summed E-state index contributed by atoms with van der Waals surface area (Å²) in [6.07, 6.45) is 5.71. The topological polar surface area (TPSA) is 67.4 Å². The molecule has 1 aromatic carbocycles. The van der Waals surface area contributed by atoms with Crippen LogP contribution in [0.5, 0.6) is 5.75 Å². The van der Waals surface area contributed by atoms with Gasteiger partial charge < -0.3 is 15.4 Å². The van der Waals surface area contributed by atoms with E-state index in [-0.39, 0.29) is 24.5 Å². The highest BCUT2D eigenvalue weighted by Crippen LogP contribution is 2.30. The van der Waals surface area contributed by atoms with Gasteiger partial charge in [0.25, 0.3) is 11.8 Å². The van der Waals surface area contributed by atoms with Crippen molar-refractivity contribution in [3.05, 3.63) is 23.8 Å². The second-order valence-corrected chi connectivity index (χ2v) is 7.23. The summed E-state index contributed by atoms with van der Waals surface area (Å²) in [4.78, 5) is 23.8. The van der Waals surface area contributed by atoms with E-state index in [1.165, 1.54) is 19.3 Å². The summed E-state index contributed by atoms with van der Waals surface area (Å²) in [5.74, 6) is 1.81. The van der Waals surface area contributed by atoms with Gasteiger partial charge in [0, 0.05) is 11.6 Å². The molecule has 3 rings (SSSR count). The molecule has 0 aromatic heterocycles. The number of carbonyl (C=O) groups is 2. The lowest BCUT2D eigenvalue weighted by molar-refractivity contribution is -0.118. The molecule has 1 fully saturated rings. The van der Waals surface area contributed by atoms with Crippen LogP contribution in [-0.4, -0.2) is 24.5 Å². The molecule has 1 aromatic rings. The summed E-state index contributed by atoms with van der Waals surface area (Å²) < 4.78 is 5.38. The average Bonchev–Trinajstić information content (AvgIpc) is 2.80. The number of hydrogen-bond donors (Lipinski definition) is 2. The molecule has 1 aliphatic heterocycles. The van der Waals surface area contributed by atoms with Gasteiger partial charge >= 0.3 is 0 Å². The summed E-state index contributed by atoms with van der Waals surface area (Å²) in [5, 5.41) is 5.90. The molecule has 24 heavy (non-hydrogen) atoms. The smallest absolute Gasteiger partial charge is 0.262 e. The zero-order chi connectivity index (χ0) is 17.1. The van der Waals surface area contributed by atoms with Gasteiger partial charge in [-0.15, -0.1) is 0 Å². The molecule has 1 saturated carbocycles. The third-order valence-corrected chi connectivity index (χ3v) is 5.17. The summed E-state index contributed by atoms with van der Waals surface area (Å²) in [7, 11) is 0. The Bertz CT molecular complexity index is 627. The first-order valence-corrected chi connectivity index (χ1v) is 8.90. The third kappa shape index (κ3) is 3.89. The number of benzene rings is 1. The number of rotatable bonds is 3. The Morgan fingerprint density at radius 3 is 2.88 bits per heavy atom. The lowest BCUT2D eigenvalue weighted by atomic mass is 9.89. The number of hydrogen-bond acceptors (Lipinski definition) is 3. The fraction of sp³-hybridized carbons (Fsp3) is 0.579. The number of fused-ring (bicyclic) bond motifs is 1. The van der Waals surface area contributed by atoms with Crippen molar-refractivity contribution in [2.75, 3.05) is 11.9 Å². The summed E-state index contributed by atoms with van der Waals surface area (Å²) in [6.45, 7) is 4.57. The maximum Gasteiger partial charge on any atom is 0.262 e. The zero-order valence-corrected chi connectivity index (χ0v) is 14.4. The lowest BCUT2D eigenvalue weighted by Gasteiger charge is -2.20. The van der Waals surface area contributed by atoms with Crippen molar-refractivity contribution in [2.24, 2.45) is 11.8 Å². The third-order valence-electron chi connectivity index (χ3n) is 5.17. The van der Waals surface area contributed by atoms with E-state index in [4.69, 9.17) is 4.74 Å². The first-order valence-electron chi connectivity index (χ1n) is 8.90. The summed E-state index contributed by atoms with van der Waals surface area (Å²) >= 11 is 0. The molecule has 1 heterocycles. The minimum absolute atomic E-state index is 0.00269. The number of nitrogens with one attached hydrogen (secondary N) is 2. The van der Waals surface area contributed by atoms with Crippen molar-refractivity contribution < 1.29 is 14.3 Å². The first kappa shape index (κ1) is 16.8. The fourth-order valence-electron chi connectivity index (χ4n) is 3.63. The van der Waals surface area contributed by atoms with Gasteiger partial charge in [-0.1, -0.05) is 26.7 Å². The van der Waals surface area contributed by atoms with Gasteiger partial charge in [-0.25, -0.2) is 0 Å². The number of carbonyl (C=O) groups excluding carboxylic acids is 2. The van der Waals surface area contributed by atoms with Crippen LogP contribution in [0, 0.1) is 11.8 Å². The van der Waals surface area contributed by atoms with Crippen molar-refractivity contribution >= 4 is 17.5 Å². The first-order chi connectivity index (χ1) is 11.5. The van der Waals surface area contributed by atoms with Crippen LogP contribution < -0.4 is 15.4 Å². The van der Waals surface area contributed by atoms with E-state index in [1.807, 2.05) is 0 Å². The van der Waals surface area contributed by atoms with E-state index in [1.54, 1.807) is 18.2 Å². The second kappa shape index (κ2) is 7.24. The molecule has 0 saturated heterocycles. The normalized spacial score (nSPS) is 23.7. The second-order valence-electron chi connectivity index (χ2n) is 7.23. The Kier molecular flexibility index (Phi) is 5.07. The Balaban J connectivity index is 1.62. The number of amides is 2. The number of anilines is 1. The van der Waals surface area contributed by atoms with E-state index in [2.05, 4.69) is 24.5 Å². The molecular formula is C19H26N2O3. The molecule has 2 unspecified atom stereocenters. The van der Waals surface area contributed by atoms with Crippen molar-refractivity contribution in [2.45, 2.75) is 52.0 Å². The maximum atomic E-state index is 12.5. The molecule has 2 aliphatic rings. The van der Waals surface area contributed by atoms with Gasteiger partial charge in [-0.3, -0.25) is 9.59 Å². The highest BCUT2D eigenvalue weighted by molar-refractivity contribution is 5.99. The molecule has 2 N–H and O–H groups in total. The largest absolute Gasteiger partial charge is 0.482 e. The SMILES string of the molecule is CC(C)C1CCCC(NC(=O)c2ccc3c(c2)OCC(=O)N3)CC1. The van der Waals surface area contributed by atoms with Crippen LogP contribution in [0.2, 0.25) is 0 Å². The van der Waals surface area contributed by atoms with Crippen molar-refractivity contribution in [1.29, 1.82) is 0 Å². The van der Waals surface area contributed by atoms with Crippen LogP contribution in [-0.2, 0) is 4.79 Å². The van der Waals surface area contributed by atoms with E-state index in [0.29, 0.717) is 22.9 Å². The molecular weight excluding hydrogens is 304 g/mol. The zero-order valence-electron chi connectivity index (χ0n) is 14.4. The van der Waals surface area contributed by atoms with Crippen LogP contribution in [0.15, 0.2) is 18.2 Å². The van der Waals surface area contributed by atoms with Gasteiger partial charge in [-0.05, 0) is 49.3 Å². The Morgan fingerprint density at radius 1 is 1.25 bits per heavy atom. The van der Waals surface area contributed by atoms with E-state index >= 15 is 0 Å². The predicted octanol–water partition coefficient (Wildman–Crippen LogP) is 3.35. The quantitative estimate of drug-likeness (QED) is 0.835. The molecule has 5 heteroatoms. The minimum atomic E-state index is -0.169. The van der Waals surface area contributed by atoms with Crippen LogP contribution >= 0.6 is 0 Å². The highest BCUT2D eigenvalue weighted by Gasteiger charge is 2.23. The van der Waals surface area contributed by atoms with Crippen molar-refractivity contribution in [1.82, 2.24) is 5.32 Å². The average molecular weight is 330 g/mol. The van der Waals surface area contributed by atoms with Crippen molar-refractivity contribution in [3.8, 4) is 5.75 Å². The molecule has 5 nitrogen and oxygen atoms in total. The van der Waals surface area contributed by atoms with Crippen LogP contribution in [0.25, 0.3) is 0 Å². The Labute approximate surface area is 143 Å². The molecule has 0 spiro atoms. The molecule has 0 radical (unpaired) electrons. The maximum absolute atomic E-state index is 12.5. The van der Waals surface area contributed by atoms with Gasteiger partial charge in [0.2, 0.25) is 0 Å². The Morgan fingerprint density at radius 2 is 2.08 bits per heavy atom. The standard InChI is InChI=1S/C19H26N2O3/c1-12(2)13-4-3-5-15(8-6-13)20-19(23)14-7-9-16-17(10-14)24-11-18(22)21-16/h7,9-10,12-13,15H,3-6,8,11H2,1-2H3,(H,20,23)(H,21,22). The van der Waals surface area contributed by atoms with Crippen LogP contribution in [0.1, 0.15) is 56.3 Å². The fourth-order valence-corrected chi connectivity index (χ4v) is 3.63. The van der Waals surface area contributed by atoms with Gasteiger partial charge in [0.1, 0.15) is 5.75 Å². The molecule has 1 aliphatic carbocycles. The van der Waals surface area contributed by atoms with Crippen LogP contribution in [0.3, 0.4) is 0 Å². The summed E-state index contributed by atoms with van der Waals surface area (Å²) in [5.41, 5.74) is 1.20. The van der Waals surface area contributed by atoms with E-state index in [0.717, 1.165) is 18.8 Å². The Hall–Kier alpha value is -2.04. The van der Waals surface area contributed by atoms with Crippen LogP contribution in [0.4, 0.5) is 5.69 Å². The predicted molar refractivity (Wildman–Crippen MR) is 93.2 cm³/mol. The number of ether oxygens (including phenoxy) is 1. The molecule has 2 atom stereocenters. The molecule has 130 valence electrons. The van der Waals surface area contributed by atoms with Gasteiger partial charge in [0.15, 0.2) is 6.61 Å². The van der Waals surface area contributed by atoms with E-state index in [9.17, 15) is 9.59 Å². The monoisotopic (exact) mass is 330 g/mol. The van der Waals surface area contributed by atoms with Crippen molar-refractivity contribution in [3.63, 3.8) is 0 Å². The highest BCUT2D eigenvalue weighted by atomic mass is 16.5. The van der Waals surface area contributed by atoms with Gasteiger partial charge in [0.05, 0.1) is 5.69 Å². The summed E-state index contributed by atoms with van der Waals surface area (Å²) in [6, 6.07) is 5.41. The van der Waals surface area contributed by atoms with E-state index < -0.39 is 0 Å². The van der Waals surface area contributed by atoms with Gasteiger partial charge in [-0.2, -0.15) is 0 Å². The molecule has 2 amide bonds. The molecule has 0 bridgehead atoms. The minimum Gasteiger partial charge on any atom is -0.482 e.